The molecule has 1 atom stereocenters. The van der Waals surface area contributed by atoms with Crippen molar-refractivity contribution in [3.63, 3.8) is 0 Å². The van der Waals surface area contributed by atoms with Crippen LogP contribution >= 0.6 is 0 Å². The molecular weight excluding hydrogens is 393 g/mol. The molecule has 1 unspecified atom stereocenters. The maximum Gasteiger partial charge on any atom is 0.338 e. The molecule has 31 heavy (non-hydrogen) atoms. The number of fused-ring (bicyclic) bond motifs is 3. The number of carbonyl (C=O) groups excluding carboxylic acids is 2. The van der Waals surface area contributed by atoms with Gasteiger partial charge < -0.3 is 9.30 Å². The van der Waals surface area contributed by atoms with Crippen molar-refractivity contribution in [2.24, 2.45) is 5.92 Å². The van der Waals surface area contributed by atoms with Crippen molar-refractivity contribution in [2.45, 2.75) is 52.0 Å². The summed E-state index contributed by atoms with van der Waals surface area (Å²) in [5.74, 6) is -0.397. The number of hydrogen-bond donors (Lipinski definition) is 0. The van der Waals surface area contributed by atoms with E-state index in [0.29, 0.717) is 35.0 Å². The first-order chi connectivity index (χ1) is 15.0. The van der Waals surface area contributed by atoms with E-state index < -0.39 is 5.97 Å². The Morgan fingerprint density at radius 1 is 1.13 bits per heavy atom. The molecule has 0 bridgehead atoms. The van der Waals surface area contributed by atoms with Gasteiger partial charge in [-0.1, -0.05) is 50.5 Å². The van der Waals surface area contributed by atoms with E-state index in [0.717, 1.165) is 43.3 Å². The first-order valence-electron chi connectivity index (χ1n) is 11.0. The summed E-state index contributed by atoms with van der Waals surface area (Å²) in [7, 11) is 1.34. The highest BCUT2D eigenvalue weighted by atomic mass is 19.1. The van der Waals surface area contributed by atoms with Crippen LogP contribution in [0.1, 0.15) is 71.0 Å². The second-order valence-corrected chi connectivity index (χ2v) is 8.38. The number of nitrogens with zero attached hydrogens (tertiary/aromatic N) is 1. The Hall–Kier alpha value is -2.95. The molecule has 3 aromatic rings. The lowest BCUT2D eigenvalue weighted by atomic mass is 9.82. The second kappa shape index (κ2) is 9.04. The highest BCUT2D eigenvalue weighted by Crippen LogP contribution is 2.38. The van der Waals surface area contributed by atoms with Gasteiger partial charge in [0.25, 0.3) is 0 Å². The summed E-state index contributed by atoms with van der Waals surface area (Å²) in [6, 6.07) is 12.1. The van der Waals surface area contributed by atoms with Gasteiger partial charge in [0.1, 0.15) is 5.82 Å². The van der Waals surface area contributed by atoms with Crippen LogP contribution in [0.2, 0.25) is 0 Å². The Morgan fingerprint density at radius 2 is 1.94 bits per heavy atom. The van der Waals surface area contributed by atoms with E-state index in [-0.39, 0.29) is 17.5 Å². The number of methoxy groups -OCH3 is 1. The van der Waals surface area contributed by atoms with Gasteiger partial charge in [0.05, 0.1) is 24.7 Å². The fourth-order valence-electron chi connectivity index (χ4n) is 4.82. The van der Waals surface area contributed by atoms with Gasteiger partial charge in [-0.25, -0.2) is 9.18 Å². The van der Waals surface area contributed by atoms with Gasteiger partial charge in [-0.3, -0.25) is 4.79 Å². The summed E-state index contributed by atoms with van der Waals surface area (Å²) in [5.41, 5.74) is 3.25. The highest BCUT2D eigenvalue weighted by molar-refractivity contribution is 6.16. The molecule has 0 saturated heterocycles. The third-order valence-electron chi connectivity index (χ3n) is 6.34. The van der Waals surface area contributed by atoms with Crippen molar-refractivity contribution in [1.82, 2.24) is 4.57 Å². The van der Waals surface area contributed by atoms with Gasteiger partial charge in [0, 0.05) is 28.6 Å². The van der Waals surface area contributed by atoms with Crippen molar-refractivity contribution in [1.29, 1.82) is 0 Å². The van der Waals surface area contributed by atoms with E-state index in [9.17, 15) is 14.0 Å². The molecule has 0 amide bonds. The van der Waals surface area contributed by atoms with Gasteiger partial charge >= 0.3 is 5.97 Å². The number of ether oxygens (including phenoxy) is 1. The lowest BCUT2D eigenvalue weighted by molar-refractivity contribution is 0.0603. The Bertz CT molecular complexity index is 1130. The number of halogens is 1. The maximum absolute atomic E-state index is 14.5. The molecule has 0 radical (unpaired) electrons. The van der Waals surface area contributed by atoms with E-state index in [4.69, 9.17) is 4.74 Å². The molecule has 2 aromatic carbocycles. The minimum Gasteiger partial charge on any atom is -0.465 e. The molecule has 0 fully saturated rings. The molecule has 5 heteroatoms. The average Bonchev–Trinajstić information content (AvgIpc) is 3.09. The molecule has 0 spiro atoms. The normalized spacial score (nSPS) is 15.8. The summed E-state index contributed by atoms with van der Waals surface area (Å²) < 4.78 is 21.5. The fraction of sp³-hybridized carbons (Fsp3) is 0.385. The van der Waals surface area contributed by atoms with Gasteiger partial charge in [-0.05, 0) is 37.0 Å². The van der Waals surface area contributed by atoms with Crippen LogP contribution in [0.15, 0.2) is 42.5 Å². The number of hydrogen-bond acceptors (Lipinski definition) is 3. The topological polar surface area (TPSA) is 48.3 Å². The maximum atomic E-state index is 14.5. The lowest BCUT2D eigenvalue weighted by Gasteiger charge is -2.24. The van der Waals surface area contributed by atoms with Crippen LogP contribution in [0, 0.1) is 11.7 Å². The first-order valence-corrected chi connectivity index (χ1v) is 11.0. The number of ketones is 1. The summed E-state index contributed by atoms with van der Waals surface area (Å²) >= 11 is 0. The zero-order chi connectivity index (χ0) is 22.0. The SMILES string of the molecule is CCCCCC1CC(=O)c2c(n(Cc3ccccc3F)c3cccc(C(=O)OC)c23)C1. The van der Waals surface area contributed by atoms with Crippen LogP contribution < -0.4 is 0 Å². The molecule has 1 aliphatic carbocycles. The molecule has 0 saturated carbocycles. The van der Waals surface area contributed by atoms with Crippen LogP contribution in [-0.4, -0.2) is 23.4 Å². The first kappa shape index (κ1) is 21.3. The molecule has 0 aliphatic heterocycles. The van der Waals surface area contributed by atoms with E-state index in [1.807, 2.05) is 16.7 Å². The summed E-state index contributed by atoms with van der Waals surface area (Å²) in [6.07, 6.45) is 5.65. The number of aromatic nitrogens is 1. The van der Waals surface area contributed by atoms with Crippen LogP contribution in [0.4, 0.5) is 4.39 Å². The van der Waals surface area contributed by atoms with Crippen molar-refractivity contribution in [3.05, 3.63) is 70.7 Å². The number of esters is 1. The van der Waals surface area contributed by atoms with Gasteiger partial charge in [-0.2, -0.15) is 0 Å². The Balaban J connectivity index is 1.87. The lowest BCUT2D eigenvalue weighted by Crippen LogP contribution is -2.22. The minimum atomic E-state index is -0.464. The molecule has 4 rings (SSSR count). The Labute approximate surface area is 182 Å². The van der Waals surface area contributed by atoms with Crippen LogP contribution in [-0.2, 0) is 17.7 Å². The molecular formula is C26H28FNO3. The standard InChI is InChI=1S/C26H28FNO3/c1-3-4-5-9-17-14-22-25(23(29)15-17)24-19(26(30)31-2)11-8-13-21(24)28(22)16-18-10-6-7-12-20(18)27/h6-8,10-13,17H,3-5,9,14-16H2,1-2H3. The van der Waals surface area contributed by atoms with E-state index in [2.05, 4.69) is 6.92 Å². The highest BCUT2D eigenvalue weighted by Gasteiger charge is 2.33. The summed E-state index contributed by atoms with van der Waals surface area (Å²) in [6.45, 7) is 2.49. The predicted molar refractivity (Wildman–Crippen MR) is 119 cm³/mol. The smallest absolute Gasteiger partial charge is 0.338 e. The number of Topliss-reactive ketones (excluding diaryl/α,β-unsaturated/α-hetero) is 1. The minimum absolute atomic E-state index is 0.0661. The van der Waals surface area contributed by atoms with Crippen LogP contribution in [0.25, 0.3) is 10.9 Å². The number of unbranched alkanes of at least 4 members (excludes halogenated alkanes) is 2. The fourth-order valence-corrected chi connectivity index (χ4v) is 4.82. The zero-order valence-electron chi connectivity index (χ0n) is 18.1. The number of benzene rings is 2. The third-order valence-corrected chi connectivity index (χ3v) is 6.34. The van der Waals surface area contributed by atoms with E-state index >= 15 is 0 Å². The largest absolute Gasteiger partial charge is 0.465 e. The summed E-state index contributed by atoms with van der Waals surface area (Å²) in [4.78, 5) is 25.8. The van der Waals surface area contributed by atoms with Crippen molar-refractivity contribution < 1.29 is 18.7 Å². The van der Waals surface area contributed by atoms with E-state index in [1.165, 1.54) is 13.2 Å². The zero-order valence-corrected chi connectivity index (χ0v) is 18.1. The average molecular weight is 422 g/mol. The van der Waals surface area contributed by atoms with Gasteiger partial charge in [0.15, 0.2) is 5.78 Å². The van der Waals surface area contributed by atoms with Crippen LogP contribution in [0.5, 0.6) is 0 Å². The Kier molecular flexibility index (Phi) is 6.21. The molecule has 1 aliphatic rings. The number of carbonyl (C=O) groups is 2. The molecule has 0 N–H and O–H groups in total. The second-order valence-electron chi connectivity index (χ2n) is 8.38. The summed E-state index contributed by atoms with van der Waals surface area (Å²) in [5, 5.41) is 0.637. The molecule has 1 aromatic heterocycles. The van der Waals surface area contributed by atoms with Crippen molar-refractivity contribution >= 4 is 22.7 Å². The molecule has 162 valence electrons. The van der Waals surface area contributed by atoms with Gasteiger partial charge in [0.2, 0.25) is 0 Å². The van der Waals surface area contributed by atoms with Crippen molar-refractivity contribution in [3.8, 4) is 0 Å². The Morgan fingerprint density at radius 3 is 2.68 bits per heavy atom. The van der Waals surface area contributed by atoms with Crippen LogP contribution in [0.3, 0.4) is 0 Å². The molecule has 4 nitrogen and oxygen atoms in total. The molecule has 1 heterocycles. The quantitative estimate of drug-likeness (QED) is 0.350. The number of rotatable bonds is 7. The third kappa shape index (κ3) is 4.01. The monoisotopic (exact) mass is 421 g/mol. The van der Waals surface area contributed by atoms with Crippen molar-refractivity contribution in [2.75, 3.05) is 7.11 Å². The van der Waals surface area contributed by atoms with E-state index in [1.54, 1.807) is 24.3 Å². The van der Waals surface area contributed by atoms with Gasteiger partial charge in [-0.15, -0.1) is 0 Å². The predicted octanol–water partition coefficient (Wildman–Crippen LogP) is 5.94.